The van der Waals surface area contributed by atoms with Gasteiger partial charge in [-0.2, -0.15) is 0 Å². The van der Waals surface area contributed by atoms with Crippen molar-refractivity contribution in [1.29, 1.82) is 0 Å². The number of carbonyl (C=O) groups is 1. The van der Waals surface area contributed by atoms with Crippen molar-refractivity contribution in [1.82, 2.24) is 4.98 Å². The van der Waals surface area contributed by atoms with E-state index in [1.54, 1.807) is 0 Å². The molecule has 22 heavy (non-hydrogen) atoms. The van der Waals surface area contributed by atoms with Crippen molar-refractivity contribution in [2.75, 3.05) is 5.32 Å². The van der Waals surface area contributed by atoms with Crippen molar-refractivity contribution in [3.8, 4) is 0 Å². The molecule has 0 fully saturated rings. The SMILES string of the molecule is Cc1ccc2nc(NC(=O)C[C@H](C)c3ccccc3)sc2c1. The van der Waals surface area contributed by atoms with Gasteiger partial charge in [-0.15, -0.1) is 0 Å². The topological polar surface area (TPSA) is 42.0 Å². The van der Waals surface area contributed by atoms with E-state index in [4.69, 9.17) is 0 Å². The molecule has 3 aromatic rings. The summed E-state index contributed by atoms with van der Waals surface area (Å²) in [5, 5.41) is 3.59. The maximum Gasteiger partial charge on any atom is 0.226 e. The van der Waals surface area contributed by atoms with Gasteiger partial charge in [0, 0.05) is 6.42 Å². The zero-order valence-corrected chi connectivity index (χ0v) is 13.5. The maximum absolute atomic E-state index is 12.2. The highest BCUT2D eigenvalue weighted by Crippen LogP contribution is 2.27. The van der Waals surface area contributed by atoms with Crippen molar-refractivity contribution >= 4 is 32.6 Å². The fraction of sp³-hybridized carbons (Fsp3) is 0.222. The molecule has 3 nitrogen and oxygen atoms in total. The van der Waals surface area contributed by atoms with Gasteiger partial charge in [0.15, 0.2) is 5.13 Å². The Morgan fingerprint density at radius 1 is 1.23 bits per heavy atom. The van der Waals surface area contributed by atoms with Crippen LogP contribution in [0.4, 0.5) is 5.13 Å². The largest absolute Gasteiger partial charge is 0.302 e. The molecule has 0 aliphatic heterocycles. The first-order valence-electron chi connectivity index (χ1n) is 7.34. The van der Waals surface area contributed by atoms with Gasteiger partial charge in [-0.25, -0.2) is 4.98 Å². The van der Waals surface area contributed by atoms with Gasteiger partial charge in [-0.3, -0.25) is 4.79 Å². The molecule has 0 radical (unpaired) electrons. The summed E-state index contributed by atoms with van der Waals surface area (Å²) in [6.07, 6.45) is 0.457. The molecular formula is C18H18N2OS. The molecule has 0 spiro atoms. The van der Waals surface area contributed by atoms with Crippen molar-refractivity contribution < 1.29 is 4.79 Å². The maximum atomic E-state index is 12.2. The predicted octanol–water partition coefficient (Wildman–Crippen LogP) is 4.74. The summed E-state index contributed by atoms with van der Waals surface area (Å²) in [5.74, 6) is 0.199. The molecule has 0 aliphatic rings. The van der Waals surface area contributed by atoms with E-state index >= 15 is 0 Å². The first kappa shape index (κ1) is 14.7. The molecule has 2 aromatic carbocycles. The van der Waals surface area contributed by atoms with Gasteiger partial charge in [0.25, 0.3) is 0 Å². The molecule has 4 heteroatoms. The van der Waals surface area contributed by atoms with E-state index in [0.29, 0.717) is 11.6 Å². The lowest BCUT2D eigenvalue weighted by atomic mass is 9.98. The zero-order valence-electron chi connectivity index (χ0n) is 12.7. The van der Waals surface area contributed by atoms with E-state index in [-0.39, 0.29) is 11.8 Å². The molecule has 0 aliphatic carbocycles. The van der Waals surface area contributed by atoms with Crippen LogP contribution in [0.1, 0.15) is 30.4 Å². The Labute approximate surface area is 134 Å². The van der Waals surface area contributed by atoms with Gasteiger partial charge in [0.05, 0.1) is 10.2 Å². The number of hydrogen-bond donors (Lipinski definition) is 1. The number of nitrogens with one attached hydrogen (secondary N) is 1. The number of anilines is 1. The first-order chi connectivity index (χ1) is 10.6. The Morgan fingerprint density at radius 3 is 2.77 bits per heavy atom. The average Bonchev–Trinajstić information content (AvgIpc) is 2.89. The summed E-state index contributed by atoms with van der Waals surface area (Å²) < 4.78 is 1.10. The summed E-state index contributed by atoms with van der Waals surface area (Å²) in [7, 11) is 0. The quantitative estimate of drug-likeness (QED) is 0.756. The van der Waals surface area contributed by atoms with Crippen LogP contribution < -0.4 is 5.32 Å². The smallest absolute Gasteiger partial charge is 0.226 e. The zero-order chi connectivity index (χ0) is 15.5. The van der Waals surface area contributed by atoms with Crippen molar-refractivity contribution in [3.63, 3.8) is 0 Å². The molecule has 1 atom stereocenters. The normalized spacial score (nSPS) is 12.3. The number of aryl methyl sites for hydroxylation is 1. The third-order valence-corrected chi connectivity index (χ3v) is 4.58. The van der Waals surface area contributed by atoms with Gasteiger partial charge in [-0.05, 0) is 36.1 Å². The number of carbonyl (C=O) groups excluding carboxylic acids is 1. The standard InChI is InChI=1S/C18H18N2OS/c1-12-8-9-15-16(10-12)22-18(19-15)20-17(21)11-13(2)14-6-4-3-5-7-14/h3-10,13H,11H2,1-2H3,(H,19,20,21)/t13-/m0/s1. The molecule has 1 aromatic heterocycles. The lowest BCUT2D eigenvalue weighted by Gasteiger charge is -2.10. The van der Waals surface area contributed by atoms with Crippen molar-refractivity contribution in [3.05, 3.63) is 59.7 Å². The summed E-state index contributed by atoms with van der Waals surface area (Å²) in [4.78, 5) is 16.7. The highest BCUT2D eigenvalue weighted by molar-refractivity contribution is 7.22. The molecule has 112 valence electrons. The Balaban J connectivity index is 1.68. The predicted molar refractivity (Wildman–Crippen MR) is 92.5 cm³/mol. The number of rotatable bonds is 4. The highest BCUT2D eigenvalue weighted by atomic mass is 32.1. The third-order valence-electron chi connectivity index (χ3n) is 3.65. The monoisotopic (exact) mass is 310 g/mol. The number of aromatic nitrogens is 1. The van der Waals surface area contributed by atoms with Crippen LogP contribution in [0.3, 0.4) is 0 Å². The van der Waals surface area contributed by atoms with Crippen LogP contribution in [0.2, 0.25) is 0 Å². The summed E-state index contributed by atoms with van der Waals surface area (Å²) in [6, 6.07) is 16.2. The van der Waals surface area contributed by atoms with Crippen LogP contribution in [0.15, 0.2) is 48.5 Å². The van der Waals surface area contributed by atoms with Gasteiger partial charge >= 0.3 is 0 Å². The summed E-state index contributed by atoms with van der Waals surface area (Å²) >= 11 is 1.52. The van der Waals surface area contributed by atoms with Crippen LogP contribution >= 0.6 is 11.3 Å². The molecular weight excluding hydrogens is 292 g/mol. The molecule has 1 amide bonds. The molecule has 3 rings (SSSR count). The number of hydrogen-bond acceptors (Lipinski definition) is 3. The molecule has 0 saturated carbocycles. The Kier molecular flexibility index (Phi) is 4.20. The van der Waals surface area contributed by atoms with E-state index in [1.807, 2.05) is 30.3 Å². The number of benzene rings is 2. The fourth-order valence-corrected chi connectivity index (χ4v) is 3.41. The Hall–Kier alpha value is -2.20. The molecule has 0 unspecified atom stereocenters. The summed E-state index contributed by atoms with van der Waals surface area (Å²) in [6.45, 7) is 4.12. The second-order valence-electron chi connectivity index (χ2n) is 5.55. The number of thiazole rings is 1. The van der Waals surface area contributed by atoms with Crippen LogP contribution in [0.25, 0.3) is 10.2 Å². The molecule has 0 bridgehead atoms. The van der Waals surface area contributed by atoms with Crippen LogP contribution in [0.5, 0.6) is 0 Å². The van der Waals surface area contributed by atoms with Crippen molar-refractivity contribution in [2.45, 2.75) is 26.2 Å². The Bertz CT molecular complexity index is 795. The van der Waals surface area contributed by atoms with Gasteiger partial charge in [0.1, 0.15) is 0 Å². The second-order valence-corrected chi connectivity index (χ2v) is 6.58. The first-order valence-corrected chi connectivity index (χ1v) is 8.15. The lowest BCUT2D eigenvalue weighted by Crippen LogP contribution is -2.14. The average molecular weight is 310 g/mol. The van der Waals surface area contributed by atoms with Crippen LogP contribution in [-0.2, 0) is 4.79 Å². The fourth-order valence-electron chi connectivity index (χ4n) is 2.43. The highest BCUT2D eigenvalue weighted by Gasteiger charge is 2.13. The summed E-state index contributed by atoms with van der Waals surface area (Å²) in [5.41, 5.74) is 3.31. The number of amides is 1. The molecule has 1 N–H and O–H groups in total. The lowest BCUT2D eigenvalue weighted by molar-refractivity contribution is -0.116. The van der Waals surface area contributed by atoms with E-state index in [1.165, 1.54) is 22.5 Å². The minimum absolute atomic E-state index is 0.00660. The van der Waals surface area contributed by atoms with E-state index in [2.05, 4.69) is 42.3 Å². The minimum Gasteiger partial charge on any atom is -0.302 e. The number of fused-ring (bicyclic) bond motifs is 1. The Morgan fingerprint density at radius 2 is 2.00 bits per heavy atom. The van der Waals surface area contributed by atoms with E-state index in [9.17, 15) is 4.79 Å². The van der Waals surface area contributed by atoms with Gasteiger partial charge < -0.3 is 5.32 Å². The van der Waals surface area contributed by atoms with Crippen molar-refractivity contribution in [2.24, 2.45) is 0 Å². The van der Waals surface area contributed by atoms with Gasteiger partial charge in [0.2, 0.25) is 5.91 Å². The number of nitrogens with zero attached hydrogens (tertiary/aromatic N) is 1. The third kappa shape index (κ3) is 3.34. The molecule has 1 heterocycles. The van der Waals surface area contributed by atoms with E-state index < -0.39 is 0 Å². The molecule has 0 saturated heterocycles. The van der Waals surface area contributed by atoms with Crippen LogP contribution in [-0.4, -0.2) is 10.9 Å². The second kappa shape index (κ2) is 6.28. The van der Waals surface area contributed by atoms with Gasteiger partial charge in [-0.1, -0.05) is 54.7 Å². The van der Waals surface area contributed by atoms with E-state index in [0.717, 1.165) is 10.2 Å². The van der Waals surface area contributed by atoms with Crippen LogP contribution in [0, 0.1) is 6.92 Å². The minimum atomic E-state index is 0.00660.